The minimum atomic E-state index is -0.669. The van der Waals surface area contributed by atoms with Crippen LogP contribution in [0.15, 0.2) is 42.5 Å². The molecule has 2 N–H and O–H groups in total. The highest BCUT2D eigenvalue weighted by molar-refractivity contribution is 6.06. The molecule has 2 aromatic carbocycles. The Morgan fingerprint density at radius 1 is 0.964 bits per heavy atom. The van der Waals surface area contributed by atoms with Crippen molar-refractivity contribution in [3.05, 3.63) is 48.0 Å². The highest BCUT2D eigenvalue weighted by Crippen LogP contribution is 2.37. The fourth-order valence-electron chi connectivity index (χ4n) is 4.06. The lowest BCUT2D eigenvalue weighted by Crippen LogP contribution is -2.59. The van der Waals surface area contributed by atoms with Crippen molar-refractivity contribution in [2.45, 2.75) is 18.4 Å². The summed E-state index contributed by atoms with van der Waals surface area (Å²) in [6.45, 7) is 2.03. The van der Waals surface area contributed by atoms with Crippen LogP contribution in [-0.2, 0) is 4.79 Å². The van der Waals surface area contributed by atoms with Gasteiger partial charge < -0.3 is 25.0 Å². The first-order valence-electron chi connectivity index (χ1n) is 9.52. The molecule has 1 saturated heterocycles. The van der Waals surface area contributed by atoms with Gasteiger partial charge in [0.2, 0.25) is 5.91 Å². The number of para-hydroxylation sites is 2. The van der Waals surface area contributed by atoms with E-state index in [2.05, 4.69) is 10.6 Å². The van der Waals surface area contributed by atoms with Crippen LogP contribution in [0.25, 0.3) is 0 Å². The topological polar surface area (TPSA) is 79.9 Å². The zero-order chi connectivity index (χ0) is 19.1. The fourth-order valence-corrected chi connectivity index (χ4v) is 4.06. The molecule has 3 aliphatic rings. The summed E-state index contributed by atoms with van der Waals surface area (Å²) < 4.78 is 11.1. The van der Waals surface area contributed by atoms with Gasteiger partial charge in [0.1, 0.15) is 18.8 Å². The van der Waals surface area contributed by atoms with Crippen LogP contribution in [-0.4, -0.2) is 48.6 Å². The minimum Gasteiger partial charge on any atom is -0.486 e. The Hall–Kier alpha value is -3.22. The van der Waals surface area contributed by atoms with Crippen LogP contribution in [0.2, 0.25) is 0 Å². The summed E-state index contributed by atoms with van der Waals surface area (Å²) in [5, 5.41) is 6.41. The standard InChI is InChI=1S/C21H21N3O4/c25-19(14-5-6-17-18(13-14)28-12-11-27-17)24-9-7-21(8-10-24)20(26)22-15-3-1-2-4-16(15)23-21/h1-6,13,23H,7-12H2,(H,22,26). The van der Waals surface area contributed by atoms with Crippen molar-refractivity contribution < 1.29 is 19.1 Å². The Bertz CT molecular complexity index is 950. The number of carbonyl (C=O) groups is 2. The van der Waals surface area contributed by atoms with Crippen LogP contribution >= 0.6 is 0 Å². The normalized spacial score (nSPS) is 19.4. The Labute approximate surface area is 162 Å². The quantitative estimate of drug-likeness (QED) is 0.796. The molecule has 0 aliphatic carbocycles. The molecule has 0 aromatic heterocycles. The van der Waals surface area contributed by atoms with Crippen molar-refractivity contribution in [3.8, 4) is 11.5 Å². The maximum Gasteiger partial charge on any atom is 0.253 e. The van der Waals surface area contributed by atoms with E-state index in [1.165, 1.54) is 0 Å². The van der Waals surface area contributed by atoms with E-state index in [4.69, 9.17) is 9.47 Å². The number of anilines is 2. The molecule has 0 radical (unpaired) electrons. The predicted octanol–water partition coefficient (Wildman–Crippen LogP) is 2.50. The van der Waals surface area contributed by atoms with Crippen LogP contribution in [0.3, 0.4) is 0 Å². The minimum absolute atomic E-state index is 0.0300. The summed E-state index contributed by atoms with van der Waals surface area (Å²) >= 11 is 0. The number of likely N-dealkylation sites (tertiary alicyclic amines) is 1. The van der Waals surface area contributed by atoms with Gasteiger partial charge in [0.05, 0.1) is 11.4 Å². The third-order valence-electron chi connectivity index (χ3n) is 5.68. The predicted molar refractivity (Wildman–Crippen MR) is 104 cm³/mol. The van der Waals surface area contributed by atoms with Gasteiger partial charge in [0.15, 0.2) is 11.5 Å². The zero-order valence-corrected chi connectivity index (χ0v) is 15.4. The number of hydrogen-bond donors (Lipinski definition) is 2. The first-order chi connectivity index (χ1) is 13.6. The molecule has 0 unspecified atom stereocenters. The number of nitrogens with one attached hydrogen (secondary N) is 2. The maximum atomic E-state index is 12.9. The van der Waals surface area contributed by atoms with Gasteiger partial charge in [-0.1, -0.05) is 12.1 Å². The SMILES string of the molecule is O=C(c1ccc2c(c1)OCCO2)N1CCC2(CC1)Nc1ccccc1NC2=O. The Kier molecular flexibility index (Phi) is 3.89. The lowest BCUT2D eigenvalue weighted by molar-refractivity contribution is -0.122. The number of carbonyl (C=O) groups excluding carboxylic acids is 2. The number of amides is 2. The highest BCUT2D eigenvalue weighted by atomic mass is 16.6. The molecule has 0 atom stereocenters. The van der Waals surface area contributed by atoms with Gasteiger partial charge >= 0.3 is 0 Å². The number of fused-ring (bicyclic) bond motifs is 2. The molecule has 7 heteroatoms. The van der Waals surface area contributed by atoms with Gasteiger partial charge in [-0.3, -0.25) is 9.59 Å². The Balaban J connectivity index is 1.31. The monoisotopic (exact) mass is 379 g/mol. The van der Waals surface area contributed by atoms with Gasteiger partial charge in [-0.15, -0.1) is 0 Å². The molecule has 3 heterocycles. The second-order valence-electron chi connectivity index (χ2n) is 7.36. The summed E-state index contributed by atoms with van der Waals surface area (Å²) in [5.41, 5.74) is 1.63. The third kappa shape index (κ3) is 2.74. The molecule has 1 spiro atoms. The summed E-state index contributed by atoms with van der Waals surface area (Å²) in [6, 6.07) is 13.0. The fraction of sp³-hybridized carbons (Fsp3) is 0.333. The molecule has 3 aliphatic heterocycles. The first-order valence-corrected chi connectivity index (χ1v) is 9.52. The van der Waals surface area contributed by atoms with E-state index >= 15 is 0 Å². The molecular weight excluding hydrogens is 358 g/mol. The number of rotatable bonds is 1. The summed E-state index contributed by atoms with van der Waals surface area (Å²) in [6.07, 6.45) is 1.12. The van der Waals surface area contributed by atoms with Crippen molar-refractivity contribution in [2.24, 2.45) is 0 Å². The van der Waals surface area contributed by atoms with E-state index < -0.39 is 5.54 Å². The number of piperidine rings is 1. The molecular formula is C21H21N3O4. The lowest BCUT2D eigenvalue weighted by atomic mass is 9.84. The molecule has 0 bridgehead atoms. The largest absolute Gasteiger partial charge is 0.486 e. The summed E-state index contributed by atoms with van der Waals surface area (Å²) in [7, 11) is 0. The second kappa shape index (κ2) is 6.44. The van der Waals surface area contributed by atoms with Gasteiger partial charge in [-0.05, 0) is 43.2 Å². The molecule has 0 saturated carbocycles. The number of nitrogens with zero attached hydrogens (tertiary/aromatic N) is 1. The Morgan fingerprint density at radius 2 is 1.68 bits per heavy atom. The second-order valence-corrected chi connectivity index (χ2v) is 7.36. The van der Waals surface area contributed by atoms with E-state index in [0.29, 0.717) is 56.2 Å². The van der Waals surface area contributed by atoms with Gasteiger partial charge in [0.25, 0.3) is 5.91 Å². The van der Waals surface area contributed by atoms with Crippen LogP contribution in [0, 0.1) is 0 Å². The van der Waals surface area contributed by atoms with Crippen molar-refractivity contribution in [1.82, 2.24) is 4.90 Å². The van der Waals surface area contributed by atoms with Gasteiger partial charge in [0, 0.05) is 18.7 Å². The van der Waals surface area contributed by atoms with Crippen LogP contribution in [0.4, 0.5) is 11.4 Å². The average Bonchev–Trinajstić information content (AvgIpc) is 2.74. The van der Waals surface area contributed by atoms with Crippen molar-refractivity contribution in [3.63, 3.8) is 0 Å². The molecule has 28 heavy (non-hydrogen) atoms. The van der Waals surface area contributed by atoms with E-state index in [0.717, 1.165) is 11.4 Å². The Morgan fingerprint density at radius 3 is 2.46 bits per heavy atom. The highest BCUT2D eigenvalue weighted by Gasteiger charge is 2.45. The van der Waals surface area contributed by atoms with Crippen LogP contribution < -0.4 is 20.1 Å². The summed E-state index contributed by atoms with van der Waals surface area (Å²) in [4.78, 5) is 27.5. The number of hydrogen-bond acceptors (Lipinski definition) is 5. The molecule has 144 valence electrons. The van der Waals surface area contributed by atoms with Gasteiger partial charge in [-0.25, -0.2) is 0 Å². The van der Waals surface area contributed by atoms with E-state index in [1.54, 1.807) is 23.1 Å². The average molecular weight is 379 g/mol. The molecule has 5 rings (SSSR count). The van der Waals surface area contributed by atoms with E-state index in [-0.39, 0.29) is 11.8 Å². The molecule has 2 amide bonds. The molecule has 7 nitrogen and oxygen atoms in total. The smallest absolute Gasteiger partial charge is 0.253 e. The van der Waals surface area contributed by atoms with Crippen molar-refractivity contribution in [2.75, 3.05) is 36.9 Å². The molecule has 1 fully saturated rings. The first kappa shape index (κ1) is 16.9. The van der Waals surface area contributed by atoms with Crippen molar-refractivity contribution in [1.29, 1.82) is 0 Å². The third-order valence-corrected chi connectivity index (χ3v) is 5.68. The zero-order valence-electron chi connectivity index (χ0n) is 15.4. The number of benzene rings is 2. The maximum absolute atomic E-state index is 12.9. The van der Waals surface area contributed by atoms with E-state index in [9.17, 15) is 9.59 Å². The molecule has 2 aromatic rings. The number of ether oxygens (including phenoxy) is 2. The van der Waals surface area contributed by atoms with Crippen LogP contribution in [0.1, 0.15) is 23.2 Å². The van der Waals surface area contributed by atoms with Crippen molar-refractivity contribution >= 4 is 23.2 Å². The lowest BCUT2D eigenvalue weighted by Gasteiger charge is -2.44. The van der Waals surface area contributed by atoms with Crippen LogP contribution in [0.5, 0.6) is 11.5 Å². The van der Waals surface area contributed by atoms with E-state index in [1.807, 2.05) is 24.3 Å². The van der Waals surface area contributed by atoms with Gasteiger partial charge in [-0.2, -0.15) is 0 Å². The summed E-state index contributed by atoms with van der Waals surface area (Å²) in [5.74, 6) is 1.19.